The Kier molecular flexibility index (Phi) is 8.03. The van der Waals surface area contributed by atoms with Crippen molar-refractivity contribution in [2.45, 2.75) is 19.9 Å². The van der Waals surface area contributed by atoms with E-state index in [1.807, 2.05) is 6.92 Å². The largest absolute Gasteiger partial charge is 0.484 e. The van der Waals surface area contributed by atoms with Gasteiger partial charge in [-0.3, -0.25) is 15.0 Å². The van der Waals surface area contributed by atoms with E-state index >= 15 is 0 Å². The second kappa shape index (κ2) is 10.3. The molecule has 2 aromatic carbocycles. The number of hydrogen-bond donors (Lipinski definition) is 0. The van der Waals surface area contributed by atoms with E-state index in [1.165, 1.54) is 17.2 Å². The average molecular weight is 393 g/mol. The number of nitrogens with zero attached hydrogens (tertiary/aromatic N) is 2. The van der Waals surface area contributed by atoms with E-state index in [4.69, 9.17) is 9.47 Å². The van der Waals surface area contributed by atoms with Gasteiger partial charge >= 0.3 is 5.69 Å². The molecule has 0 saturated carbocycles. The Bertz CT molecular complexity index is 769. The van der Waals surface area contributed by atoms with Crippen LogP contribution in [-0.4, -0.2) is 42.7 Å². The van der Waals surface area contributed by atoms with E-state index in [9.17, 15) is 10.1 Å². The van der Waals surface area contributed by atoms with Crippen molar-refractivity contribution >= 4 is 18.1 Å². The lowest BCUT2D eigenvalue weighted by atomic mass is 10.0. The van der Waals surface area contributed by atoms with Crippen LogP contribution in [0.15, 0.2) is 42.5 Å². The highest BCUT2D eigenvalue weighted by Gasteiger charge is 2.16. The molecular formula is C20H25ClN2O4. The van der Waals surface area contributed by atoms with Crippen LogP contribution in [0.1, 0.15) is 16.7 Å². The maximum absolute atomic E-state index is 11.0. The summed E-state index contributed by atoms with van der Waals surface area (Å²) >= 11 is 0. The standard InChI is InChI=1S/C20H24N2O4.ClH/c1-16-6-7-19(22(23)24)20(14-16)26-13-12-25-11-10-21-9-8-17-4-2-3-5-18(17)15-21;/h2-7,14H,8-13,15H2,1H3;1H. The zero-order valence-corrected chi connectivity index (χ0v) is 16.2. The van der Waals surface area contributed by atoms with E-state index < -0.39 is 4.92 Å². The summed E-state index contributed by atoms with van der Waals surface area (Å²) in [5.41, 5.74) is 3.76. The van der Waals surface area contributed by atoms with Gasteiger partial charge in [0.15, 0.2) is 5.75 Å². The molecule has 1 aliphatic rings. The zero-order valence-electron chi connectivity index (χ0n) is 15.4. The van der Waals surface area contributed by atoms with E-state index in [2.05, 4.69) is 29.2 Å². The molecule has 0 spiro atoms. The number of fused-ring (bicyclic) bond motifs is 1. The number of aryl methyl sites for hydroxylation is 1. The van der Waals surface area contributed by atoms with E-state index in [1.54, 1.807) is 12.1 Å². The molecule has 6 nitrogen and oxygen atoms in total. The summed E-state index contributed by atoms with van der Waals surface area (Å²) in [5, 5.41) is 11.0. The molecule has 3 rings (SSSR count). The van der Waals surface area contributed by atoms with Gasteiger partial charge in [0.2, 0.25) is 0 Å². The summed E-state index contributed by atoms with van der Waals surface area (Å²) in [6, 6.07) is 13.4. The second-order valence-corrected chi connectivity index (χ2v) is 6.48. The number of ether oxygens (including phenoxy) is 2. The maximum atomic E-state index is 11.0. The van der Waals surface area contributed by atoms with Gasteiger partial charge in [-0.2, -0.15) is 0 Å². The molecule has 0 bridgehead atoms. The highest BCUT2D eigenvalue weighted by atomic mass is 35.5. The van der Waals surface area contributed by atoms with Crippen molar-refractivity contribution in [3.05, 3.63) is 69.3 Å². The topological polar surface area (TPSA) is 64.8 Å². The molecule has 0 aromatic heterocycles. The van der Waals surface area contributed by atoms with E-state index in [0.29, 0.717) is 25.6 Å². The van der Waals surface area contributed by atoms with Crippen molar-refractivity contribution in [1.29, 1.82) is 0 Å². The van der Waals surface area contributed by atoms with Crippen LogP contribution in [0, 0.1) is 17.0 Å². The normalized spacial score (nSPS) is 13.5. The molecule has 0 atom stereocenters. The van der Waals surface area contributed by atoms with Gasteiger partial charge in [0.25, 0.3) is 0 Å². The third-order valence-electron chi connectivity index (χ3n) is 4.56. The molecule has 0 aliphatic carbocycles. The SMILES string of the molecule is Cc1ccc([N+](=O)[O-])c(OCCOCCN2CCc3ccccc3C2)c1.Cl. The highest BCUT2D eigenvalue weighted by Crippen LogP contribution is 2.27. The fraction of sp³-hybridized carbons (Fsp3) is 0.400. The Morgan fingerprint density at radius 3 is 2.67 bits per heavy atom. The minimum absolute atomic E-state index is 0. The van der Waals surface area contributed by atoms with Gasteiger partial charge in [-0.25, -0.2) is 0 Å². The summed E-state index contributed by atoms with van der Waals surface area (Å²) in [5.74, 6) is 0.297. The van der Waals surface area contributed by atoms with Crippen LogP contribution < -0.4 is 4.74 Å². The number of rotatable bonds is 8. The molecule has 146 valence electrons. The number of halogens is 1. The van der Waals surface area contributed by atoms with Gasteiger partial charge in [0.05, 0.1) is 18.1 Å². The molecule has 0 amide bonds. The number of nitro benzene ring substituents is 1. The van der Waals surface area contributed by atoms with Crippen LogP contribution in [0.25, 0.3) is 0 Å². The lowest BCUT2D eigenvalue weighted by molar-refractivity contribution is -0.385. The van der Waals surface area contributed by atoms with Crippen molar-refractivity contribution in [3.63, 3.8) is 0 Å². The molecule has 0 radical (unpaired) electrons. The lowest BCUT2D eigenvalue weighted by Crippen LogP contribution is -2.33. The zero-order chi connectivity index (χ0) is 18.4. The molecule has 7 heteroatoms. The van der Waals surface area contributed by atoms with Crippen LogP contribution in [0.4, 0.5) is 5.69 Å². The fourth-order valence-corrected chi connectivity index (χ4v) is 3.14. The van der Waals surface area contributed by atoms with Crippen LogP contribution in [0.3, 0.4) is 0 Å². The first-order valence-corrected chi connectivity index (χ1v) is 8.88. The van der Waals surface area contributed by atoms with Crippen molar-refractivity contribution in [2.24, 2.45) is 0 Å². The summed E-state index contributed by atoms with van der Waals surface area (Å²) in [4.78, 5) is 13.0. The third-order valence-corrected chi connectivity index (χ3v) is 4.56. The Morgan fingerprint density at radius 2 is 1.89 bits per heavy atom. The van der Waals surface area contributed by atoms with Crippen LogP contribution >= 0.6 is 12.4 Å². The van der Waals surface area contributed by atoms with Gasteiger partial charge in [-0.15, -0.1) is 12.4 Å². The molecule has 1 heterocycles. The molecular weight excluding hydrogens is 368 g/mol. The van der Waals surface area contributed by atoms with Gasteiger partial charge in [-0.05, 0) is 36.1 Å². The number of nitro groups is 1. The second-order valence-electron chi connectivity index (χ2n) is 6.48. The van der Waals surface area contributed by atoms with Crippen molar-refractivity contribution in [3.8, 4) is 5.75 Å². The monoisotopic (exact) mass is 392 g/mol. The quantitative estimate of drug-likeness (QED) is 0.388. The molecule has 0 fully saturated rings. The fourth-order valence-electron chi connectivity index (χ4n) is 3.14. The first-order chi connectivity index (χ1) is 12.6. The first kappa shape index (κ1) is 21.2. The third kappa shape index (κ3) is 5.92. The Morgan fingerprint density at radius 1 is 1.11 bits per heavy atom. The summed E-state index contributed by atoms with van der Waals surface area (Å²) in [7, 11) is 0. The summed E-state index contributed by atoms with van der Waals surface area (Å²) < 4.78 is 11.2. The average Bonchev–Trinajstić information content (AvgIpc) is 2.64. The lowest BCUT2D eigenvalue weighted by Gasteiger charge is -2.28. The number of hydrogen-bond acceptors (Lipinski definition) is 5. The first-order valence-electron chi connectivity index (χ1n) is 8.88. The Hall–Kier alpha value is -2.15. The van der Waals surface area contributed by atoms with Gasteiger partial charge in [0.1, 0.15) is 6.61 Å². The smallest absolute Gasteiger partial charge is 0.310 e. The van der Waals surface area contributed by atoms with Crippen molar-refractivity contribution < 1.29 is 14.4 Å². The van der Waals surface area contributed by atoms with Crippen LogP contribution in [0.5, 0.6) is 5.75 Å². The van der Waals surface area contributed by atoms with E-state index in [-0.39, 0.29) is 18.1 Å². The summed E-state index contributed by atoms with van der Waals surface area (Å²) in [6.45, 7) is 6.10. The molecule has 0 saturated heterocycles. The van der Waals surface area contributed by atoms with Crippen LogP contribution in [-0.2, 0) is 17.7 Å². The van der Waals surface area contributed by atoms with Gasteiger partial charge in [-0.1, -0.05) is 30.3 Å². The summed E-state index contributed by atoms with van der Waals surface area (Å²) in [6.07, 6.45) is 1.08. The Balaban J connectivity index is 0.00000261. The minimum Gasteiger partial charge on any atom is -0.484 e. The highest BCUT2D eigenvalue weighted by molar-refractivity contribution is 5.85. The number of benzene rings is 2. The minimum atomic E-state index is -0.427. The van der Waals surface area contributed by atoms with E-state index in [0.717, 1.165) is 31.6 Å². The molecule has 27 heavy (non-hydrogen) atoms. The molecule has 2 aromatic rings. The maximum Gasteiger partial charge on any atom is 0.310 e. The molecule has 0 N–H and O–H groups in total. The predicted octanol–water partition coefficient (Wildman–Crippen LogP) is 3.78. The Labute approximate surface area is 165 Å². The molecule has 0 unspecified atom stereocenters. The van der Waals surface area contributed by atoms with Crippen molar-refractivity contribution in [1.82, 2.24) is 4.90 Å². The predicted molar refractivity (Wildman–Crippen MR) is 107 cm³/mol. The van der Waals surface area contributed by atoms with Gasteiger partial charge < -0.3 is 9.47 Å². The van der Waals surface area contributed by atoms with Crippen LogP contribution in [0.2, 0.25) is 0 Å². The molecule has 1 aliphatic heterocycles. The van der Waals surface area contributed by atoms with Gasteiger partial charge in [0, 0.05) is 25.7 Å². The van der Waals surface area contributed by atoms with Crippen molar-refractivity contribution in [2.75, 3.05) is 32.9 Å².